The van der Waals surface area contributed by atoms with Crippen LogP contribution in [-0.4, -0.2) is 65.0 Å². The van der Waals surface area contributed by atoms with Gasteiger partial charge in [-0.05, 0) is 25.2 Å². The van der Waals surface area contributed by atoms with Crippen LogP contribution >= 0.6 is 11.8 Å². The van der Waals surface area contributed by atoms with Crippen LogP contribution in [0.4, 0.5) is 0 Å². The normalized spacial score (nSPS) is 23.3. The monoisotopic (exact) mass is 391 g/mol. The molecule has 2 aliphatic heterocycles. The first-order chi connectivity index (χ1) is 13.1. The van der Waals surface area contributed by atoms with Crippen LogP contribution in [0, 0.1) is 11.8 Å². The Balaban J connectivity index is 1.40. The van der Waals surface area contributed by atoms with E-state index in [1.165, 1.54) is 11.8 Å². The van der Waals surface area contributed by atoms with Crippen molar-refractivity contribution in [2.45, 2.75) is 25.4 Å². The van der Waals surface area contributed by atoms with Crippen LogP contribution in [0.1, 0.15) is 29.6 Å². The molecule has 27 heavy (non-hydrogen) atoms. The summed E-state index contributed by atoms with van der Waals surface area (Å²) in [5, 5.41) is 9.30. The molecule has 146 valence electrons. The van der Waals surface area contributed by atoms with Crippen molar-refractivity contribution in [3.05, 3.63) is 35.9 Å². The highest BCUT2D eigenvalue weighted by molar-refractivity contribution is 8.00. The van der Waals surface area contributed by atoms with Gasteiger partial charge in [-0.15, -0.1) is 11.8 Å². The lowest BCUT2D eigenvalue weighted by atomic mass is 9.84. The minimum atomic E-state index is -0.782. The van der Waals surface area contributed by atoms with E-state index in [1.807, 2.05) is 23.1 Å². The fourth-order valence-corrected chi connectivity index (χ4v) is 4.66. The number of amides is 1. The Hall–Kier alpha value is -1.86. The molecule has 7 heteroatoms. The Kier molecular flexibility index (Phi) is 6.90. The number of piperidine rings is 1. The molecule has 2 atom stereocenters. The van der Waals surface area contributed by atoms with Gasteiger partial charge in [0.05, 0.1) is 23.5 Å². The number of likely N-dealkylation sites (tertiary alicyclic amines) is 1. The molecule has 0 bridgehead atoms. The maximum absolute atomic E-state index is 12.4. The third-order valence-electron chi connectivity index (χ3n) is 5.36. The van der Waals surface area contributed by atoms with Crippen molar-refractivity contribution < 1.29 is 24.2 Å². The number of Topliss-reactive ketones (excluding diaryl/α,β-unsaturated/α-hetero) is 1. The van der Waals surface area contributed by atoms with Crippen molar-refractivity contribution in [1.82, 2.24) is 4.90 Å². The number of aliphatic carboxylic acids is 1. The Morgan fingerprint density at radius 1 is 1.07 bits per heavy atom. The van der Waals surface area contributed by atoms with Crippen LogP contribution in [0.25, 0.3) is 0 Å². The number of rotatable bonds is 7. The molecule has 2 heterocycles. The number of hydrogen-bond donors (Lipinski definition) is 1. The quantitative estimate of drug-likeness (QED) is 0.718. The first-order valence-corrected chi connectivity index (χ1v) is 10.5. The second kappa shape index (κ2) is 9.37. The highest BCUT2D eigenvalue weighted by Crippen LogP contribution is 2.33. The van der Waals surface area contributed by atoms with E-state index in [2.05, 4.69) is 0 Å². The molecule has 6 nitrogen and oxygen atoms in total. The molecule has 1 unspecified atom stereocenters. The van der Waals surface area contributed by atoms with Gasteiger partial charge in [-0.2, -0.15) is 0 Å². The zero-order valence-electron chi connectivity index (χ0n) is 15.2. The van der Waals surface area contributed by atoms with Gasteiger partial charge in [0.15, 0.2) is 5.78 Å². The number of benzene rings is 1. The molecule has 0 aromatic heterocycles. The smallest absolute Gasteiger partial charge is 0.309 e. The van der Waals surface area contributed by atoms with Crippen LogP contribution in [0.2, 0.25) is 0 Å². The van der Waals surface area contributed by atoms with E-state index in [9.17, 15) is 19.5 Å². The molecular formula is C20H25NO5S. The molecule has 0 radical (unpaired) electrons. The van der Waals surface area contributed by atoms with E-state index in [0.717, 1.165) is 12.8 Å². The fraction of sp³-hybridized carbons (Fsp3) is 0.550. The van der Waals surface area contributed by atoms with Gasteiger partial charge in [-0.3, -0.25) is 14.4 Å². The van der Waals surface area contributed by atoms with E-state index < -0.39 is 11.9 Å². The zero-order valence-corrected chi connectivity index (χ0v) is 16.0. The molecule has 1 N–H and O–H groups in total. The molecule has 1 amide bonds. The van der Waals surface area contributed by atoms with E-state index in [-0.39, 0.29) is 23.7 Å². The van der Waals surface area contributed by atoms with E-state index in [0.29, 0.717) is 43.2 Å². The lowest BCUT2D eigenvalue weighted by Crippen LogP contribution is -2.44. The van der Waals surface area contributed by atoms with Crippen molar-refractivity contribution in [3.63, 3.8) is 0 Å². The van der Waals surface area contributed by atoms with Crippen LogP contribution in [0.3, 0.4) is 0 Å². The summed E-state index contributed by atoms with van der Waals surface area (Å²) in [6.07, 6.45) is 1.89. The Morgan fingerprint density at radius 3 is 2.44 bits per heavy atom. The average Bonchev–Trinajstić information content (AvgIpc) is 3.19. The van der Waals surface area contributed by atoms with E-state index in [1.54, 1.807) is 12.1 Å². The van der Waals surface area contributed by atoms with Crippen LogP contribution in [-0.2, 0) is 14.3 Å². The van der Waals surface area contributed by atoms with Crippen LogP contribution in [0.5, 0.6) is 0 Å². The third-order valence-corrected chi connectivity index (χ3v) is 6.28. The molecule has 2 saturated heterocycles. The van der Waals surface area contributed by atoms with Gasteiger partial charge in [0.1, 0.15) is 0 Å². The number of carboxylic acid groups (broad SMARTS) is 1. The number of ether oxygens (including phenoxy) is 1. The number of carbonyl (C=O) groups is 3. The summed E-state index contributed by atoms with van der Waals surface area (Å²) in [5.74, 6) is -0.340. The minimum absolute atomic E-state index is 0.0326. The van der Waals surface area contributed by atoms with Crippen molar-refractivity contribution in [3.8, 4) is 0 Å². The molecule has 1 aromatic carbocycles. The van der Waals surface area contributed by atoms with Gasteiger partial charge in [-0.1, -0.05) is 30.3 Å². The van der Waals surface area contributed by atoms with Crippen LogP contribution < -0.4 is 0 Å². The molecule has 3 rings (SSSR count). The zero-order chi connectivity index (χ0) is 19.2. The number of carboxylic acids is 1. The summed E-state index contributed by atoms with van der Waals surface area (Å²) >= 11 is 1.35. The Morgan fingerprint density at radius 2 is 1.78 bits per heavy atom. The number of hydrogen-bond acceptors (Lipinski definition) is 5. The first-order valence-electron chi connectivity index (χ1n) is 9.34. The highest BCUT2D eigenvalue weighted by atomic mass is 32.2. The van der Waals surface area contributed by atoms with Crippen molar-refractivity contribution in [1.29, 1.82) is 0 Å². The number of carbonyl (C=O) groups excluding carboxylic acids is 2. The summed E-state index contributed by atoms with van der Waals surface area (Å²) in [5.41, 5.74) is 0.669. The summed E-state index contributed by atoms with van der Waals surface area (Å²) in [6, 6.07) is 9.09. The summed E-state index contributed by atoms with van der Waals surface area (Å²) in [4.78, 5) is 37.6. The van der Waals surface area contributed by atoms with E-state index >= 15 is 0 Å². The summed E-state index contributed by atoms with van der Waals surface area (Å²) < 4.78 is 5.67. The average molecular weight is 391 g/mol. The number of nitrogens with zero attached hydrogens (tertiary/aromatic N) is 1. The third kappa shape index (κ3) is 5.11. The van der Waals surface area contributed by atoms with Gasteiger partial charge in [0, 0.05) is 25.3 Å². The SMILES string of the molecule is O=C(CSCC(=O)N1CCC([C@@H]2OCCC2C(=O)O)CC1)c1ccccc1. The predicted molar refractivity (Wildman–Crippen MR) is 103 cm³/mol. The maximum atomic E-state index is 12.4. The number of ketones is 1. The summed E-state index contributed by atoms with van der Waals surface area (Å²) in [7, 11) is 0. The van der Waals surface area contributed by atoms with Gasteiger partial charge in [0.2, 0.25) is 5.91 Å². The predicted octanol–water partition coefficient (Wildman–Crippen LogP) is 2.33. The summed E-state index contributed by atoms with van der Waals surface area (Å²) in [6.45, 7) is 1.76. The molecule has 0 aliphatic carbocycles. The van der Waals surface area contributed by atoms with Crippen LogP contribution in [0.15, 0.2) is 30.3 Å². The molecule has 1 aromatic rings. The van der Waals surface area contributed by atoms with Crippen molar-refractivity contribution in [2.24, 2.45) is 11.8 Å². The topological polar surface area (TPSA) is 83.9 Å². The molecule has 2 aliphatic rings. The largest absolute Gasteiger partial charge is 0.481 e. The Bertz CT molecular complexity index is 672. The van der Waals surface area contributed by atoms with Gasteiger partial charge in [0.25, 0.3) is 0 Å². The van der Waals surface area contributed by atoms with Gasteiger partial charge < -0.3 is 14.7 Å². The van der Waals surface area contributed by atoms with Gasteiger partial charge in [-0.25, -0.2) is 0 Å². The standard InChI is InChI=1S/C20H25NO5S/c22-17(14-4-2-1-3-5-14)12-27-13-18(23)21-9-6-15(7-10-21)19-16(20(24)25)8-11-26-19/h1-5,15-16,19H,6-13H2,(H,24,25)/t16?,19-/m0/s1. The van der Waals surface area contributed by atoms with Gasteiger partial charge >= 0.3 is 5.97 Å². The fourth-order valence-electron chi connectivity index (χ4n) is 3.85. The molecular weight excluding hydrogens is 366 g/mol. The molecule has 2 fully saturated rings. The van der Waals surface area contributed by atoms with E-state index in [4.69, 9.17) is 4.74 Å². The van der Waals surface area contributed by atoms with Crippen molar-refractivity contribution in [2.75, 3.05) is 31.2 Å². The lowest BCUT2D eigenvalue weighted by Gasteiger charge is -2.35. The highest BCUT2D eigenvalue weighted by Gasteiger charge is 2.40. The second-order valence-electron chi connectivity index (χ2n) is 7.07. The van der Waals surface area contributed by atoms with Crippen molar-refractivity contribution >= 4 is 29.4 Å². The first kappa shape index (κ1) is 19.9. The lowest BCUT2D eigenvalue weighted by molar-refractivity contribution is -0.145. The second-order valence-corrected chi connectivity index (χ2v) is 8.05. The maximum Gasteiger partial charge on any atom is 0.309 e. The minimum Gasteiger partial charge on any atom is -0.481 e. The Labute approximate surface area is 163 Å². The number of thioether (sulfide) groups is 1. The molecule has 0 spiro atoms. The molecule has 0 saturated carbocycles.